The number of hydrogen-bond acceptors (Lipinski definition) is 2. The van der Waals surface area contributed by atoms with Crippen molar-refractivity contribution in [2.45, 2.75) is 34.8 Å². The van der Waals surface area contributed by atoms with Crippen molar-refractivity contribution in [1.29, 1.82) is 0 Å². The minimum absolute atomic E-state index is 0.247. The molecule has 2 saturated heterocycles. The summed E-state index contributed by atoms with van der Waals surface area (Å²) in [5.41, 5.74) is 0. The Morgan fingerprint density at radius 3 is 2.25 bits per heavy atom. The molecule has 2 heterocycles. The molecule has 2 aromatic rings. The van der Waals surface area contributed by atoms with Crippen LogP contribution in [-0.2, 0) is 4.52 Å². The van der Waals surface area contributed by atoms with Gasteiger partial charge in [-0.1, -0.05) is 36.4 Å². The highest BCUT2D eigenvalue weighted by molar-refractivity contribution is 8.33. The van der Waals surface area contributed by atoms with Crippen molar-refractivity contribution in [1.82, 2.24) is 4.67 Å². The number of nitrogens with zero attached hydrogens (tertiary/aromatic N) is 1. The molecule has 2 aromatic carbocycles. The van der Waals surface area contributed by atoms with Crippen LogP contribution in [0.15, 0.2) is 70.5 Å². The van der Waals surface area contributed by atoms with Crippen molar-refractivity contribution in [3.05, 3.63) is 60.7 Å². The van der Waals surface area contributed by atoms with Crippen LogP contribution in [-0.4, -0.2) is 35.4 Å². The van der Waals surface area contributed by atoms with Gasteiger partial charge in [-0.2, -0.15) is 10.0 Å². The van der Waals surface area contributed by atoms with E-state index in [1.54, 1.807) is 0 Å². The van der Waals surface area contributed by atoms with Crippen LogP contribution >= 0.6 is 28.9 Å². The van der Waals surface area contributed by atoms with E-state index >= 15 is 0 Å². The van der Waals surface area contributed by atoms with E-state index in [4.69, 9.17) is 15.8 Å². The maximum absolute atomic E-state index is 6.51. The normalized spacial score (nSPS) is 28.0. The molecule has 0 amide bonds. The molecule has 2 aliphatic heterocycles. The molecule has 2 aliphatic rings. The van der Waals surface area contributed by atoms with Gasteiger partial charge in [0.1, 0.15) is 0 Å². The molecule has 0 bridgehead atoms. The summed E-state index contributed by atoms with van der Waals surface area (Å²) >= 11 is 6.51. The first-order valence-electron chi connectivity index (χ1n) is 8.44. The minimum Gasteiger partial charge on any atom is -0.326 e. The van der Waals surface area contributed by atoms with Crippen molar-refractivity contribution in [3.8, 4) is 0 Å². The summed E-state index contributed by atoms with van der Waals surface area (Å²) in [4.78, 5) is 2.85. The monoisotopic (exact) mass is 379 g/mol. The van der Waals surface area contributed by atoms with E-state index in [2.05, 4.69) is 71.6 Å². The number of rotatable bonds is 4. The van der Waals surface area contributed by atoms with Gasteiger partial charge in [0.2, 0.25) is 7.65 Å². The molecular formula is C19H23ClNOPS. The Morgan fingerprint density at radius 2 is 1.67 bits per heavy atom. The summed E-state index contributed by atoms with van der Waals surface area (Å²) in [5.74, 6) is 1.05. The second-order valence-electron chi connectivity index (χ2n) is 6.62. The molecule has 4 rings (SSSR count). The molecule has 0 radical (unpaired) electrons. The molecule has 3 atom stereocenters. The van der Waals surface area contributed by atoms with E-state index < -0.39 is 17.7 Å². The third-order valence-corrected chi connectivity index (χ3v) is 10.9. The lowest BCUT2D eigenvalue weighted by Crippen LogP contribution is -2.32. The van der Waals surface area contributed by atoms with Gasteiger partial charge in [0.15, 0.2) is 0 Å². The first-order chi connectivity index (χ1) is 11.7. The molecule has 24 heavy (non-hydrogen) atoms. The van der Waals surface area contributed by atoms with E-state index in [1.165, 1.54) is 22.6 Å². The fourth-order valence-electron chi connectivity index (χ4n) is 3.83. The van der Waals surface area contributed by atoms with Gasteiger partial charge in [-0.05, 0) is 64.4 Å². The maximum Gasteiger partial charge on any atom is 0.207 e. The standard InChI is InChI=1S/C19H23ClNOPS/c1-24(16-9-4-2-5-10-16,17-11-6-3-7-12-17)15-19-18-13-8-14-21(18)23(20)22-19/h2-7,9-12,18-19H,8,13-15H2,1H3/t18?,19-,23?/m1/s1. The molecule has 5 heteroatoms. The molecule has 0 saturated carbocycles. The fraction of sp³-hybridized carbons (Fsp3) is 0.368. The van der Waals surface area contributed by atoms with Gasteiger partial charge in [0.25, 0.3) is 0 Å². The molecule has 2 unspecified atom stereocenters. The van der Waals surface area contributed by atoms with Crippen LogP contribution in [0.1, 0.15) is 12.8 Å². The Kier molecular flexibility index (Phi) is 4.90. The van der Waals surface area contributed by atoms with Crippen LogP contribution in [0.5, 0.6) is 0 Å². The zero-order chi connectivity index (χ0) is 16.6. The predicted octanol–water partition coefficient (Wildman–Crippen LogP) is 5.87. The summed E-state index contributed by atoms with van der Waals surface area (Å²) < 4.78 is 8.64. The van der Waals surface area contributed by atoms with Crippen molar-refractivity contribution < 1.29 is 4.52 Å². The topological polar surface area (TPSA) is 12.5 Å². The predicted molar refractivity (Wildman–Crippen MR) is 105 cm³/mol. The maximum atomic E-state index is 6.51. The molecule has 2 fully saturated rings. The lowest BCUT2D eigenvalue weighted by molar-refractivity contribution is 0.237. The number of hydrogen-bond donors (Lipinski definition) is 0. The van der Waals surface area contributed by atoms with E-state index in [1.807, 2.05) is 0 Å². The molecule has 0 aliphatic carbocycles. The first-order valence-corrected chi connectivity index (χ1v) is 12.8. The SMILES string of the molecule is CS(C[C@H]1OP(Cl)N2CCCC12)(c1ccccc1)c1ccccc1. The summed E-state index contributed by atoms with van der Waals surface area (Å²) in [6, 6.07) is 22.4. The highest BCUT2D eigenvalue weighted by Crippen LogP contribution is 2.65. The Morgan fingerprint density at radius 1 is 1.08 bits per heavy atom. The van der Waals surface area contributed by atoms with E-state index in [-0.39, 0.29) is 6.10 Å². The average Bonchev–Trinajstić information content (AvgIpc) is 3.22. The van der Waals surface area contributed by atoms with Gasteiger partial charge in [0, 0.05) is 18.3 Å². The highest BCUT2D eigenvalue weighted by atomic mass is 35.7. The first kappa shape index (κ1) is 16.9. The average molecular weight is 380 g/mol. The van der Waals surface area contributed by atoms with Crippen molar-refractivity contribution in [3.63, 3.8) is 0 Å². The summed E-state index contributed by atoms with van der Waals surface area (Å²) in [6.07, 6.45) is 5.14. The van der Waals surface area contributed by atoms with Crippen LogP contribution in [0.4, 0.5) is 0 Å². The van der Waals surface area contributed by atoms with Gasteiger partial charge in [0.05, 0.1) is 6.10 Å². The Labute approximate surface area is 152 Å². The summed E-state index contributed by atoms with van der Waals surface area (Å²) in [6.45, 7) is 1.10. The lowest BCUT2D eigenvalue weighted by atomic mass is 10.1. The lowest BCUT2D eigenvalue weighted by Gasteiger charge is -2.39. The Hall–Kier alpha value is -0.570. The van der Waals surface area contributed by atoms with E-state index in [9.17, 15) is 0 Å². The zero-order valence-corrected chi connectivity index (χ0v) is 16.3. The summed E-state index contributed by atoms with van der Waals surface area (Å²) in [7, 11) is -2.06. The van der Waals surface area contributed by atoms with Gasteiger partial charge >= 0.3 is 0 Å². The molecule has 0 spiro atoms. The van der Waals surface area contributed by atoms with Crippen LogP contribution in [0.25, 0.3) is 0 Å². The molecule has 0 aromatic heterocycles. The van der Waals surface area contributed by atoms with Gasteiger partial charge in [-0.25, -0.2) is 4.67 Å². The van der Waals surface area contributed by atoms with E-state index in [0.717, 1.165) is 12.3 Å². The van der Waals surface area contributed by atoms with Crippen LogP contribution in [0.2, 0.25) is 0 Å². The van der Waals surface area contributed by atoms with Crippen molar-refractivity contribution >= 4 is 28.9 Å². The third-order valence-electron chi connectivity index (χ3n) is 5.15. The van der Waals surface area contributed by atoms with Crippen LogP contribution < -0.4 is 0 Å². The van der Waals surface area contributed by atoms with Crippen molar-refractivity contribution in [2.75, 3.05) is 18.6 Å². The second kappa shape index (κ2) is 6.97. The minimum atomic E-state index is -1.14. The number of fused-ring (bicyclic) bond motifs is 1. The molecule has 0 N–H and O–H groups in total. The zero-order valence-electron chi connectivity index (χ0n) is 13.8. The third kappa shape index (κ3) is 3.02. The number of benzene rings is 2. The van der Waals surface area contributed by atoms with Gasteiger partial charge in [-0.3, -0.25) is 0 Å². The molecule has 128 valence electrons. The van der Waals surface area contributed by atoms with Crippen LogP contribution in [0.3, 0.4) is 0 Å². The largest absolute Gasteiger partial charge is 0.326 e. The summed E-state index contributed by atoms with van der Waals surface area (Å²) in [5, 5.41) is 0. The van der Waals surface area contributed by atoms with Gasteiger partial charge < -0.3 is 4.52 Å². The quantitative estimate of drug-likeness (QED) is 0.616. The van der Waals surface area contributed by atoms with Crippen molar-refractivity contribution in [2.24, 2.45) is 0 Å². The molecular weight excluding hydrogens is 357 g/mol. The van der Waals surface area contributed by atoms with Crippen LogP contribution in [0, 0.1) is 0 Å². The second-order valence-corrected chi connectivity index (χ2v) is 12.1. The Balaban J connectivity index is 1.69. The fourth-order valence-corrected chi connectivity index (χ4v) is 9.28. The van der Waals surface area contributed by atoms with Gasteiger partial charge in [-0.15, -0.1) is 0 Å². The Bertz CT molecular complexity index is 647. The molecule has 2 nitrogen and oxygen atoms in total. The van der Waals surface area contributed by atoms with E-state index in [0.29, 0.717) is 6.04 Å². The highest BCUT2D eigenvalue weighted by Gasteiger charge is 2.46. The number of halogens is 1. The smallest absolute Gasteiger partial charge is 0.207 e.